The molecule has 2 spiro atoms. The van der Waals surface area contributed by atoms with Crippen molar-refractivity contribution in [2.45, 2.75) is 117 Å². The van der Waals surface area contributed by atoms with E-state index in [1.165, 1.54) is 14.0 Å². The summed E-state index contributed by atoms with van der Waals surface area (Å²) in [6, 6.07) is 6.96. The van der Waals surface area contributed by atoms with Gasteiger partial charge in [0.15, 0.2) is 17.3 Å². The van der Waals surface area contributed by atoms with Gasteiger partial charge in [0.05, 0.1) is 48.4 Å². The number of ether oxygens (including phenoxy) is 7. The number of primary amides is 1. The van der Waals surface area contributed by atoms with Crippen molar-refractivity contribution in [1.82, 2.24) is 20.9 Å². The first-order valence-electron chi connectivity index (χ1n) is 23.0. The molecule has 3 saturated heterocycles. The van der Waals surface area contributed by atoms with Gasteiger partial charge in [-0.1, -0.05) is 25.1 Å². The van der Waals surface area contributed by atoms with E-state index in [1.54, 1.807) is 51.7 Å². The molecule has 0 aromatic heterocycles. The van der Waals surface area contributed by atoms with Gasteiger partial charge in [-0.25, -0.2) is 9.59 Å². The zero-order valence-corrected chi connectivity index (χ0v) is 38.5. The predicted octanol–water partition coefficient (Wildman–Crippen LogP) is -2.64. The first-order chi connectivity index (χ1) is 31.8. The molecule has 6 aliphatic carbocycles. The Morgan fingerprint density at radius 2 is 1.68 bits per heavy atom. The zero-order valence-electron chi connectivity index (χ0n) is 38.5. The Hall–Kier alpha value is -3.23. The maximum atomic E-state index is 13.8. The Bertz CT molecular complexity index is 2170. The number of rotatable bonds is 11. The van der Waals surface area contributed by atoms with Gasteiger partial charge in [0.25, 0.3) is 0 Å². The standard InChI is InChI=1S/C34H47NO11.C11H18N6O4.Na.H/c1-7-35-15-31(16-41-3)20(37)13-21(42-4)33-19-14-32(40)28(45-30(39)18-11-9-8-10-12-18)22(19)34(46-17(2)36,27(38)29(32)44-6)23(26(33)35)24(43-5)25(31)33;12-7-4-1-2-10(19,20)11(4)6(16-8(13)17-11)5(15-7)3-21-9(14)18;;/h8-12,19-29,37-38,40H,7,13-16H2,1-6H3;4-6,19-20H,1-3H2,(H2,12,15)(H2,14,18)(H3,13,16,17);;/t19-,20-,21+,22-,23+,24+,25-,26?,27+,28-,29+,31+,32-,33+,34-;4?,5?,6-,11+;;/m10../s1. The average molecular weight is 968 g/mol. The molecule has 3 heterocycles. The van der Waals surface area contributed by atoms with Gasteiger partial charge in [0.1, 0.15) is 36.1 Å². The summed E-state index contributed by atoms with van der Waals surface area (Å²) in [5.41, 5.74) is -1.13. The molecule has 9 fully saturated rings. The number of carbonyl (C=O) groups is 3. The van der Waals surface area contributed by atoms with Gasteiger partial charge in [0.2, 0.25) is 0 Å². The number of amides is 1. The van der Waals surface area contributed by atoms with Gasteiger partial charge in [-0.3, -0.25) is 20.5 Å². The molecule has 7 bridgehead atoms. The molecule has 1 aromatic carbocycles. The molecule has 0 radical (unpaired) electrons. The van der Waals surface area contributed by atoms with Crippen molar-refractivity contribution in [2.24, 2.45) is 46.2 Å². The van der Waals surface area contributed by atoms with Crippen LogP contribution in [0.2, 0.25) is 0 Å². The molecular weight excluding hydrogens is 902 g/mol. The SMILES string of the molecule is CCN1C[C@]2(COC)[C@H](O)C[C@H](OC)[C@]34C1[C@H]([C@H](OC)[C@H]23)[C@]1(OC(C)=O)[C@H]2[C@@H](OC(=O)c3ccccc3)[C@](O)(C[C@H]24)[C@@H](OC)[C@@H]1O.N=C1N[C@H]2C(COC(N)=O)NC(=N)C3CCC(O)(O)[C@@]32N1.[NaH]. The monoisotopic (exact) mass is 967 g/mol. The average Bonchev–Trinajstić information content (AvgIpc) is 3.93. The van der Waals surface area contributed by atoms with Crippen molar-refractivity contribution in [3.05, 3.63) is 35.9 Å². The van der Waals surface area contributed by atoms with Crippen LogP contribution in [0.3, 0.4) is 0 Å². The van der Waals surface area contributed by atoms with E-state index < -0.39 is 124 Å². The second-order valence-corrected chi connectivity index (χ2v) is 20.1. The number of aliphatic hydroxyl groups is 5. The number of carbonyl (C=O) groups excluding carboxylic acids is 3. The van der Waals surface area contributed by atoms with Gasteiger partial charge >= 0.3 is 47.6 Å². The summed E-state index contributed by atoms with van der Waals surface area (Å²) < 4.78 is 42.2. The second-order valence-electron chi connectivity index (χ2n) is 20.1. The van der Waals surface area contributed by atoms with E-state index in [0.717, 1.165) is 0 Å². The molecule has 22 nitrogen and oxygen atoms in total. The number of guanidine groups is 1. The molecule has 3 aliphatic heterocycles. The van der Waals surface area contributed by atoms with E-state index in [1.807, 2.05) is 6.92 Å². The molecule has 3 unspecified atom stereocenters. The van der Waals surface area contributed by atoms with Gasteiger partial charge < -0.3 is 80.4 Å². The normalized spacial score (nSPS) is 46.0. The molecule has 68 heavy (non-hydrogen) atoms. The Morgan fingerprint density at radius 3 is 2.28 bits per heavy atom. The van der Waals surface area contributed by atoms with E-state index >= 15 is 0 Å². The van der Waals surface area contributed by atoms with Crippen molar-refractivity contribution in [3.8, 4) is 0 Å². The van der Waals surface area contributed by atoms with Crippen LogP contribution in [0.25, 0.3) is 0 Å². The Kier molecular flexibility index (Phi) is 13.4. The number of benzene rings is 1. The van der Waals surface area contributed by atoms with Crippen molar-refractivity contribution in [1.29, 1.82) is 10.8 Å². The molecular formula is C45H66N7NaO15. The number of nitrogens with one attached hydrogen (secondary N) is 5. The molecule has 10 rings (SSSR count). The first-order valence-corrected chi connectivity index (χ1v) is 23.0. The predicted molar refractivity (Wildman–Crippen MR) is 238 cm³/mol. The molecule has 23 heteroatoms. The van der Waals surface area contributed by atoms with Crippen LogP contribution in [-0.4, -0.2) is 222 Å². The van der Waals surface area contributed by atoms with Gasteiger partial charge in [0, 0.05) is 95.3 Å². The van der Waals surface area contributed by atoms with E-state index in [0.29, 0.717) is 31.5 Å². The van der Waals surface area contributed by atoms with Crippen LogP contribution in [0.4, 0.5) is 4.79 Å². The Labute approximate surface area is 415 Å². The van der Waals surface area contributed by atoms with Gasteiger partial charge in [-0.15, -0.1) is 0 Å². The van der Waals surface area contributed by atoms with Crippen molar-refractivity contribution < 1.29 is 73.1 Å². The summed E-state index contributed by atoms with van der Waals surface area (Å²) >= 11 is 0. The van der Waals surface area contributed by atoms with E-state index in [-0.39, 0.29) is 79.4 Å². The van der Waals surface area contributed by atoms with Crippen LogP contribution in [0.5, 0.6) is 0 Å². The molecule has 6 saturated carbocycles. The number of nitrogens with zero attached hydrogens (tertiary/aromatic N) is 1. The summed E-state index contributed by atoms with van der Waals surface area (Å²) in [5, 5.41) is 82.4. The second kappa shape index (κ2) is 17.8. The Morgan fingerprint density at radius 1 is 0.971 bits per heavy atom. The fraction of sp³-hybridized carbons (Fsp3) is 0.756. The van der Waals surface area contributed by atoms with E-state index in [2.05, 4.69) is 20.9 Å². The third-order valence-corrected chi connectivity index (χ3v) is 17.8. The maximum absolute atomic E-state index is 13.8. The van der Waals surface area contributed by atoms with Crippen LogP contribution in [0.15, 0.2) is 30.3 Å². The molecule has 12 N–H and O–H groups in total. The van der Waals surface area contributed by atoms with Crippen LogP contribution in [0.1, 0.15) is 49.9 Å². The zero-order chi connectivity index (χ0) is 48.4. The minimum absolute atomic E-state index is 0. The summed E-state index contributed by atoms with van der Waals surface area (Å²) in [6.45, 7) is 4.53. The quantitative estimate of drug-likeness (QED) is 0.0467. The van der Waals surface area contributed by atoms with Crippen molar-refractivity contribution in [2.75, 3.05) is 54.7 Å². The number of piperidine rings is 2. The molecule has 19 atom stereocenters. The number of methoxy groups -OCH3 is 4. The van der Waals surface area contributed by atoms with E-state index in [4.69, 9.17) is 49.7 Å². The van der Waals surface area contributed by atoms with Gasteiger partial charge in [-0.05, 0) is 37.4 Å². The number of amidine groups is 1. The Balaban J connectivity index is 0.000000238. The fourth-order valence-electron chi connectivity index (χ4n) is 16.1. The number of nitrogens with two attached hydrogens (primary N) is 1. The first kappa shape index (κ1) is 51.1. The third kappa shape index (κ3) is 6.58. The molecule has 372 valence electrons. The molecule has 1 aromatic rings. The number of hydrogen-bond acceptors (Lipinski definition) is 18. The number of esters is 2. The van der Waals surface area contributed by atoms with Crippen molar-refractivity contribution >= 4 is 59.4 Å². The number of hydrogen-bond donors (Lipinski definition) is 11. The third-order valence-electron chi connectivity index (χ3n) is 17.8. The van der Waals surface area contributed by atoms with Crippen LogP contribution >= 0.6 is 0 Å². The summed E-state index contributed by atoms with van der Waals surface area (Å²) in [4.78, 5) is 40.1. The number of likely N-dealkylation sites (tertiary alicyclic amines) is 1. The number of fused-ring (bicyclic) bond motifs is 2. The van der Waals surface area contributed by atoms with Crippen LogP contribution in [-0.2, 0) is 38.0 Å². The van der Waals surface area contributed by atoms with Crippen molar-refractivity contribution in [3.63, 3.8) is 0 Å². The molecule has 1 amide bonds. The van der Waals surface area contributed by atoms with E-state index in [9.17, 15) is 39.9 Å². The molecule has 9 aliphatic rings. The minimum atomic E-state index is -2.07. The summed E-state index contributed by atoms with van der Waals surface area (Å²) in [7, 11) is 6.27. The summed E-state index contributed by atoms with van der Waals surface area (Å²) in [5.74, 6) is -6.13. The number of aliphatic hydroxyl groups excluding tert-OH is 2. The van der Waals surface area contributed by atoms with Crippen LogP contribution < -0.4 is 21.7 Å². The van der Waals surface area contributed by atoms with Gasteiger partial charge in [-0.2, -0.15) is 0 Å². The topological polar surface area (TPSA) is 330 Å². The fourth-order valence-corrected chi connectivity index (χ4v) is 16.1. The summed E-state index contributed by atoms with van der Waals surface area (Å²) in [6.07, 6.45) is -5.95. The van der Waals surface area contributed by atoms with Crippen LogP contribution in [0, 0.1) is 51.2 Å².